The van der Waals surface area contributed by atoms with Crippen LogP contribution in [0.4, 0.5) is 0 Å². The third kappa shape index (κ3) is 2.56. The van der Waals surface area contributed by atoms with E-state index < -0.39 is 0 Å². The van der Waals surface area contributed by atoms with E-state index in [1.165, 1.54) is 11.4 Å². The largest absolute Gasteiger partial charge is 0.396 e. The van der Waals surface area contributed by atoms with Crippen LogP contribution in [0.1, 0.15) is 30.8 Å². The molecule has 1 aliphatic heterocycles. The Labute approximate surface area is 94.8 Å². The molecule has 1 fully saturated rings. The molecule has 84 valence electrons. The first-order valence-electron chi connectivity index (χ1n) is 5.55. The third-order valence-electron chi connectivity index (χ3n) is 3.17. The normalized spacial score (nSPS) is 25.3. The van der Waals surface area contributed by atoms with Crippen LogP contribution < -0.4 is 0 Å². The second-order valence-electron chi connectivity index (χ2n) is 4.23. The maximum absolute atomic E-state index is 9.18. The fraction of sp³-hybridized carbons (Fsp3) is 0.727. The van der Waals surface area contributed by atoms with Crippen LogP contribution in [0.3, 0.4) is 0 Å². The predicted molar refractivity (Wildman–Crippen MR) is 61.9 cm³/mol. The molecule has 2 rings (SSSR count). The lowest BCUT2D eigenvalue weighted by Gasteiger charge is -2.35. The summed E-state index contributed by atoms with van der Waals surface area (Å²) >= 11 is 1.72. The summed E-state index contributed by atoms with van der Waals surface area (Å²) in [6.45, 7) is 4.67. The van der Waals surface area contributed by atoms with Gasteiger partial charge in [-0.1, -0.05) is 0 Å². The van der Waals surface area contributed by atoms with Crippen molar-refractivity contribution in [3.63, 3.8) is 0 Å². The zero-order valence-electron chi connectivity index (χ0n) is 9.09. The molecular weight excluding hydrogens is 208 g/mol. The molecule has 1 aromatic heterocycles. The fourth-order valence-electron chi connectivity index (χ4n) is 2.20. The summed E-state index contributed by atoms with van der Waals surface area (Å²) in [5.41, 5.74) is 0. The Hall–Kier alpha value is -0.450. The molecule has 1 aliphatic rings. The standard InChI is InChI=1S/C11H18N2OS/c1-9(11-12-4-6-15-11)13-5-2-3-10(7-13)8-14/h4,6,9-10,14H,2-3,5,7-8H2,1H3/t9-,10-/m1/s1. The van der Waals surface area contributed by atoms with E-state index in [1.807, 2.05) is 11.6 Å². The SMILES string of the molecule is C[C@H](c1nccs1)N1CCC[C@@H](CO)C1. The van der Waals surface area contributed by atoms with Crippen LogP contribution in [0, 0.1) is 5.92 Å². The van der Waals surface area contributed by atoms with E-state index >= 15 is 0 Å². The molecule has 0 bridgehead atoms. The number of aliphatic hydroxyl groups excluding tert-OH is 1. The van der Waals surface area contributed by atoms with Crippen molar-refractivity contribution in [2.75, 3.05) is 19.7 Å². The smallest absolute Gasteiger partial charge is 0.109 e. The predicted octanol–water partition coefficient (Wildman–Crippen LogP) is 1.91. The number of piperidine rings is 1. The molecule has 4 heteroatoms. The molecule has 0 aromatic carbocycles. The number of thiazole rings is 1. The molecule has 2 atom stereocenters. The van der Waals surface area contributed by atoms with Crippen LogP contribution in [0.2, 0.25) is 0 Å². The summed E-state index contributed by atoms with van der Waals surface area (Å²) < 4.78 is 0. The van der Waals surface area contributed by atoms with Gasteiger partial charge in [0.05, 0.1) is 6.04 Å². The summed E-state index contributed by atoms with van der Waals surface area (Å²) in [6.07, 6.45) is 4.22. The van der Waals surface area contributed by atoms with Crippen molar-refractivity contribution in [1.29, 1.82) is 0 Å². The van der Waals surface area contributed by atoms with Gasteiger partial charge in [-0.15, -0.1) is 11.3 Å². The molecule has 1 aromatic rings. The Balaban J connectivity index is 1.98. The minimum atomic E-state index is 0.321. The molecule has 1 N–H and O–H groups in total. The van der Waals surface area contributed by atoms with Crippen molar-refractivity contribution in [3.8, 4) is 0 Å². The van der Waals surface area contributed by atoms with Gasteiger partial charge in [-0.25, -0.2) is 4.98 Å². The molecule has 0 aliphatic carbocycles. The highest BCUT2D eigenvalue weighted by Gasteiger charge is 2.24. The van der Waals surface area contributed by atoms with E-state index in [0.717, 1.165) is 19.5 Å². The zero-order valence-corrected chi connectivity index (χ0v) is 9.91. The van der Waals surface area contributed by atoms with Gasteiger partial charge >= 0.3 is 0 Å². The number of hydrogen-bond acceptors (Lipinski definition) is 4. The molecule has 0 amide bonds. The highest BCUT2D eigenvalue weighted by atomic mass is 32.1. The summed E-state index contributed by atoms with van der Waals surface area (Å²) in [5.74, 6) is 0.459. The number of rotatable bonds is 3. The Morgan fingerprint density at radius 3 is 3.27 bits per heavy atom. The lowest BCUT2D eigenvalue weighted by Crippen LogP contribution is -2.38. The highest BCUT2D eigenvalue weighted by molar-refractivity contribution is 7.09. The van der Waals surface area contributed by atoms with Gasteiger partial charge < -0.3 is 5.11 Å². The average molecular weight is 226 g/mol. The molecule has 0 spiro atoms. The number of nitrogens with zero attached hydrogens (tertiary/aromatic N) is 2. The minimum Gasteiger partial charge on any atom is -0.396 e. The van der Waals surface area contributed by atoms with Crippen molar-refractivity contribution >= 4 is 11.3 Å². The first-order valence-corrected chi connectivity index (χ1v) is 6.43. The molecule has 0 unspecified atom stereocenters. The summed E-state index contributed by atoms with van der Waals surface area (Å²) in [4.78, 5) is 6.79. The summed E-state index contributed by atoms with van der Waals surface area (Å²) in [6, 6.07) is 0.402. The Morgan fingerprint density at radius 2 is 2.60 bits per heavy atom. The molecule has 15 heavy (non-hydrogen) atoms. The molecule has 1 saturated heterocycles. The van der Waals surface area contributed by atoms with Crippen LogP contribution in [-0.4, -0.2) is 34.7 Å². The van der Waals surface area contributed by atoms with Crippen molar-refractivity contribution in [2.24, 2.45) is 5.92 Å². The van der Waals surface area contributed by atoms with E-state index in [2.05, 4.69) is 16.8 Å². The van der Waals surface area contributed by atoms with Gasteiger partial charge in [0.2, 0.25) is 0 Å². The van der Waals surface area contributed by atoms with Gasteiger partial charge in [-0.2, -0.15) is 0 Å². The first-order chi connectivity index (χ1) is 7.31. The Bertz CT molecular complexity index is 289. The van der Waals surface area contributed by atoms with Crippen LogP contribution in [0.25, 0.3) is 0 Å². The van der Waals surface area contributed by atoms with Crippen molar-refractivity contribution < 1.29 is 5.11 Å². The van der Waals surface area contributed by atoms with E-state index in [-0.39, 0.29) is 0 Å². The topological polar surface area (TPSA) is 36.4 Å². The first kappa shape index (κ1) is 11.0. The second kappa shape index (κ2) is 5.05. The van der Waals surface area contributed by atoms with Crippen molar-refractivity contribution in [1.82, 2.24) is 9.88 Å². The van der Waals surface area contributed by atoms with Gasteiger partial charge in [-0.3, -0.25) is 4.90 Å². The van der Waals surface area contributed by atoms with Crippen LogP contribution in [-0.2, 0) is 0 Å². The lowest BCUT2D eigenvalue weighted by atomic mass is 9.98. The van der Waals surface area contributed by atoms with Crippen LogP contribution >= 0.6 is 11.3 Å². The summed E-state index contributed by atoms with van der Waals surface area (Å²) in [5, 5.41) is 12.4. The van der Waals surface area contributed by atoms with Crippen LogP contribution in [0.5, 0.6) is 0 Å². The Morgan fingerprint density at radius 1 is 1.73 bits per heavy atom. The van der Waals surface area contributed by atoms with E-state index in [1.54, 1.807) is 11.3 Å². The van der Waals surface area contributed by atoms with Gasteiger partial charge in [0.1, 0.15) is 5.01 Å². The van der Waals surface area contributed by atoms with Gasteiger partial charge in [0.25, 0.3) is 0 Å². The van der Waals surface area contributed by atoms with Crippen LogP contribution in [0.15, 0.2) is 11.6 Å². The van der Waals surface area contributed by atoms with Gasteiger partial charge in [0, 0.05) is 24.7 Å². The quantitative estimate of drug-likeness (QED) is 0.855. The number of hydrogen-bond donors (Lipinski definition) is 1. The minimum absolute atomic E-state index is 0.321. The number of likely N-dealkylation sites (tertiary alicyclic amines) is 1. The third-order valence-corrected chi connectivity index (χ3v) is 4.11. The highest BCUT2D eigenvalue weighted by Crippen LogP contribution is 2.27. The monoisotopic (exact) mass is 226 g/mol. The van der Waals surface area contributed by atoms with Gasteiger partial charge in [-0.05, 0) is 32.2 Å². The lowest BCUT2D eigenvalue weighted by molar-refractivity contribution is 0.0935. The molecule has 0 saturated carbocycles. The van der Waals surface area contributed by atoms with E-state index in [0.29, 0.717) is 18.6 Å². The van der Waals surface area contributed by atoms with E-state index in [9.17, 15) is 5.11 Å². The zero-order chi connectivity index (χ0) is 10.7. The number of aliphatic hydroxyl groups is 1. The molecule has 2 heterocycles. The molecule has 0 radical (unpaired) electrons. The summed E-state index contributed by atoms with van der Waals surface area (Å²) in [7, 11) is 0. The van der Waals surface area contributed by atoms with E-state index in [4.69, 9.17) is 0 Å². The fourth-order valence-corrected chi connectivity index (χ4v) is 2.92. The van der Waals surface area contributed by atoms with Crippen molar-refractivity contribution in [2.45, 2.75) is 25.8 Å². The van der Waals surface area contributed by atoms with Crippen molar-refractivity contribution in [3.05, 3.63) is 16.6 Å². The second-order valence-corrected chi connectivity index (χ2v) is 5.16. The number of aromatic nitrogens is 1. The maximum Gasteiger partial charge on any atom is 0.109 e. The molecular formula is C11H18N2OS. The maximum atomic E-state index is 9.18. The Kier molecular flexibility index (Phi) is 3.72. The molecule has 3 nitrogen and oxygen atoms in total. The average Bonchev–Trinajstić information content (AvgIpc) is 2.81. The van der Waals surface area contributed by atoms with Gasteiger partial charge in [0.15, 0.2) is 0 Å².